The normalized spacial score (nSPS) is 14.1. The molecular formula is C24H24FN3O3. The molecular weight excluding hydrogens is 397 g/mol. The third-order valence-corrected chi connectivity index (χ3v) is 5.85. The molecule has 1 fully saturated rings. The van der Waals surface area contributed by atoms with Gasteiger partial charge in [-0.3, -0.25) is 9.59 Å². The number of halogens is 1. The van der Waals surface area contributed by atoms with Gasteiger partial charge in [0, 0.05) is 37.6 Å². The highest BCUT2D eigenvalue weighted by Gasteiger charge is 2.26. The van der Waals surface area contributed by atoms with E-state index in [0.29, 0.717) is 59.3 Å². The summed E-state index contributed by atoms with van der Waals surface area (Å²) in [6.45, 7) is 4.09. The van der Waals surface area contributed by atoms with Gasteiger partial charge in [0.15, 0.2) is 0 Å². The summed E-state index contributed by atoms with van der Waals surface area (Å²) in [4.78, 5) is 28.8. The third-order valence-electron chi connectivity index (χ3n) is 5.85. The fourth-order valence-corrected chi connectivity index (χ4v) is 4.16. The average Bonchev–Trinajstić information content (AvgIpc) is 2.75. The van der Waals surface area contributed by atoms with E-state index in [1.54, 1.807) is 24.0 Å². The van der Waals surface area contributed by atoms with Crippen LogP contribution < -0.4 is 10.6 Å². The highest BCUT2D eigenvalue weighted by atomic mass is 19.1. The summed E-state index contributed by atoms with van der Waals surface area (Å²) in [6.07, 6.45) is -0.190. The number of piperazine rings is 1. The maximum Gasteiger partial charge on any atom is 0.307 e. The number of nitrogen functional groups attached to an aromatic ring is 1. The number of benzene rings is 3. The Labute approximate surface area is 179 Å². The average molecular weight is 421 g/mol. The van der Waals surface area contributed by atoms with E-state index in [9.17, 15) is 19.1 Å². The fourth-order valence-electron chi connectivity index (χ4n) is 4.16. The molecule has 3 aromatic carbocycles. The van der Waals surface area contributed by atoms with E-state index in [1.807, 2.05) is 24.3 Å². The Morgan fingerprint density at radius 3 is 2.35 bits per heavy atom. The molecule has 3 N–H and O–H groups in total. The van der Waals surface area contributed by atoms with Crippen LogP contribution in [0, 0.1) is 12.7 Å². The number of amides is 1. The lowest BCUT2D eigenvalue weighted by Crippen LogP contribution is -2.49. The molecule has 0 spiro atoms. The molecule has 0 radical (unpaired) electrons. The Balaban J connectivity index is 1.64. The number of rotatable bonds is 4. The molecule has 1 aliphatic rings. The Morgan fingerprint density at radius 2 is 1.71 bits per heavy atom. The molecule has 3 aromatic rings. The third kappa shape index (κ3) is 4.17. The quantitative estimate of drug-likeness (QED) is 0.630. The van der Waals surface area contributed by atoms with Crippen LogP contribution in [0.1, 0.15) is 21.5 Å². The minimum absolute atomic E-state index is 0.190. The maximum absolute atomic E-state index is 14.0. The number of hydrogen-bond donors (Lipinski definition) is 2. The number of carbonyl (C=O) groups is 2. The van der Waals surface area contributed by atoms with Crippen LogP contribution in [-0.4, -0.2) is 48.1 Å². The molecule has 0 aromatic heterocycles. The highest BCUT2D eigenvalue weighted by molar-refractivity contribution is 6.09. The topological polar surface area (TPSA) is 86.9 Å². The van der Waals surface area contributed by atoms with Crippen LogP contribution in [0.25, 0.3) is 10.8 Å². The van der Waals surface area contributed by atoms with Crippen molar-refractivity contribution in [1.82, 2.24) is 4.90 Å². The number of carboxylic acids is 1. The summed E-state index contributed by atoms with van der Waals surface area (Å²) in [6, 6.07) is 13.6. The first kappa shape index (κ1) is 20.7. The number of aliphatic carboxylic acids is 1. The zero-order chi connectivity index (χ0) is 22.1. The Hall–Kier alpha value is -3.61. The van der Waals surface area contributed by atoms with Gasteiger partial charge in [0.25, 0.3) is 5.91 Å². The van der Waals surface area contributed by atoms with Crippen LogP contribution in [0.5, 0.6) is 0 Å². The predicted molar refractivity (Wildman–Crippen MR) is 119 cm³/mol. The van der Waals surface area contributed by atoms with E-state index < -0.39 is 11.8 Å². The van der Waals surface area contributed by atoms with Gasteiger partial charge in [-0.05, 0) is 65.2 Å². The molecule has 0 atom stereocenters. The summed E-state index contributed by atoms with van der Waals surface area (Å²) in [7, 11) is 0. The summed E-state index contributed by atoms with van der Waals surface area (Å²) >= 11 is 0. The van der Waals surface area contributed by atoms with Gasteiger partial charge >= 0.3 is 5.97 Å². The van der Waals surface area contributed by atoms with E-state index >= 15 is 0 Å². The van der Waals surface area contributed by atoms with Gasteiger partial charge in [-0.2, -0.15) is 0 Å². The smallest absolute Gasteiger partial charge is 0.307 e. The lowest BCUT2D eigenvalue weighted by molar-refractivity contribution is -0.136. The fraction of sp³-hybridized carbons (Fsp3) is 0.250. The van der Waals surface area contributed by atoms with E-state index in [1.165, 1.54) is 12.1 Å². The minimum Gasteiger partial charge on any atom is -0.481 e. The molecule has 4 rings (SSSR count). The molecule has 1 heterocycles. The van der Waals surface area contributed by atoms with Gasteiger partial charge in [-0.25, -0.2) is 4.39 Å². The van der Waals surface area contributed by atoms with Crippen molar-refractivity contribution in [1.29, 1.82) is 0 Å². The molecule has 0 bridgehead atoms. The van der Waals surface area contributed by atoms with Crippen molar-refractivity contribution in [3.05, 3.63) is 71.0 Å². The number of carbonyl (C=O) groups excluding carboxylic acids is 1. The van der Waals surface area contributed by atoms with Crippen molar-refractivity contribution in [2.24, 2.45) is 0 Å². The molecule has 1 saturated heterocycles. The van der Waals surface area contributed by atoms with E-state index in [0.717, 1.165) is 5.69 Å². The van der Waals surface area contributed by atoms with Crippen molar-refractivity contribution in [2.45, 2.75) is 13.3 Å². The van der Waals surface area contributed by atoms with Crippen molar-refractivity contribution in [3.63, 3.8) is 0 Å². The van der Waals surface area contributed by atoms with Crippen molar-refractivity contribution in [2.75, 3.05) is 36.8 Å². The van der Waals surface area contributed by atoms with Gasteiger partial charge in [0.1, 0.15) is 5.82 Å². The number of fused-ring (bicyclic) bond motifs is 1. The SMILES string of the molecule is Cc1c(CC(=O)O)cc2ccc(F)cc2c1C(=O)N1CCN(c2ccc(N)cc2)CC1. The first-order chi connectivity index (χ1) is 14.8. The molecule has 0 aliphatic carbocycles. The van der Waals surface area contributed by atoms with Crippen molar-refractivity contribution < 1.29 is 19.1 Å². The zero-order valence-electron chi connectivity index (χ0n) is 17.3. The van der Waals surface area contributed by atoms with Crippen LogP contribution in [0.3, 0.4) is 0 Å². The Bertz CT molecular complexity index is 1150. The number of anilines is 2. The largest absolute Gasteiger partial charge is 0.481 e. The molecule has 6 nitrogen and oxygen atoms in total. The second kappa shape index (κ2) is 8.26. The second-order valence-electron chi connectivity index (χ2n) is 7.84. The summed E-state index contributed by atoms with van der Waals surface area (Å²) < 4.78 is 14.0. The summed E-state index contributed by atoms with van der Waals surface area (Å²) in [5.41, 5.74) is 9.05. The Kier molecular flexibility index (Phi) is 5.50. The van der Waals surface area contributed by atoms with E-state index in [-0.39, 0.29) is 12.3 Å². The molecule has 31 heavy (non-hydrogen) atoms. The molecule has 0 unspecified atom stereocenters. The van der Waals surface area contributed by atoms with Crippen LogP contribution >= 0.6 is 0 Å². The van der Waals surface area contributed by atoms with Crippen LogP contribution in [0.15, 0.2) is 48.5 Å². The molecule has 160 valence electrons. The van der Waals surface area contributed by atoms with Gasteiger partial charge in [0.05, 0.1) is 12.0 Å². The monoisotopic (exact) mass is 421 g/mol. The van der Waals surface area contributed by atoms with Gasteiger partial charge in [0.2, 0.25) is 0 Å². The molecule has 7 heteroatoms. The predicted octanol–water partition coefficient (Wildman–Crippen LogP) is 3.46. The number of nitrogens with zero attached hydrogens (tertiary/aromatic N) is 2. The van der Waals surface area contributed by atoms with Crippen molar-refractivity contribution >= 4 is 34.0 Å². The number of carboxylic acid groups (broad SMARTS) is 1. The first-order valence-electron chi connectivity index (χ1n) is 10.2. The summed E-state index contributed by atoms with van der Waals surface area (Å²) in [5, 5.41) is 10.4. The standard InChI is InChI=1S/C24H24FN3O3/c1-15-17(13-22(29)30)12-16-2-3-18(25)14-21(16)23(15)24(31)28-10-8-27(9-11-28)20-6-4-19(26)5-7-20/h2-7,12,14H,8-11,13,26H2,1H3,(H,29,30). The number of hydrogen-bond acceptors (Lipinski definition) is 4. The van der Waals surface area contributed by atoms with Crippen LogP contribution in [-0.2, 0) is 11.2 Å². The van der Waals surface area contributed by atoms with Crippen LogP contribution in [0.2, 0.25) is 0 Å². The zero-order valence-corrected chi connectivity index (χ0v) is 17.3. The van der Waals surface area contributed by atoms with Gasteiger partial charge in [-0.15, -0.1) is 0 Å². The summed E-state index contributed by atoms with van der Waals surface area (Å²) in [5.74, 6) is -1.60. The van der Waals surface area contributed by atoms with E-state index in [2.05, 4.69) is 4.90 Å². The maximum atomic E-state index is 14.0. The van der Waals surface area contributed by atoms with Gasteiger partial charge in [-0.1, -0.05) is 12.1 Å². The van der Waals surface area contributed by atoms with Crippen molar-refractivity contribution in [3.8, 4) is 0 Å². The second-order valence-corrected chi connectivity index (χ2v) is 7.84. The van der Waals surface area contributed by atoms with Crippen LogP contribution in [0.4, 0.5) is 15.8 Å². The van der Waals surface area contributed by atoms with Gasteiger partial charge < -0.3 is 20.6 Å². The lowest BCUT2D eigenvalue weighted by Gasteiger charge is -2.36. The highest BCUT2D eigenvalue weighted by Crippen LogP contribution is 2.29. The lowest BCUT2D eigenvalue weighted by atomic mass is 9.92. The van der Waals surface area contributed by atoms with E-state index in [4.69, 9.17) is 5.73 Å². The first-order valence-corrected chi connectivity index (χ1v) is 10.2. The molecule has 0 saturated carbocycles. The Morgan fingerprint density at radius 1 is 1.03 bits per heavy atom. The molecule has 1 aliphatic heterocycles. The molecule has 1 amide bonds. The minimum atomic E-state index is -0.972. The number of nitrogens with two attached hydrogens (primary N) is 1.